The summed E-state index contributed by atoms with van der Waals surface area (Å²) in [6, 6.07) is 8.33. The second-order valence-corrected chi connectivity index (χ2v) is 5.98. The summed E-state index contributed by atoms with van der Waals surface area (Å²) in [6.45, 7) is 8.95. The topological polar surface area (TPSA) is 27.1 Å². The molecule has 0 fully saturated rings. The quantitative estimate of drug-likeness (QED) is 0.716. The van der Waals surface area contributed by atoms with Crippen molar-refractivity contribution < 1.29 is 4.74 Å². The first kappa shape index (κ1) is 14.6. The third-order valence-corrected chi connectivity index (χ3v) is 4.48. The Bertz CT molecular complexity index is 846. The number of ether oxygens (including phenoxy) is 1. The van der Waals surface area contributed by atoms with E-state index in [4.69, 9.17) is 4.74 Å². The molecule has 0 saturated heterocycles. The number of hydrogen-bond donors (Lipinski definition) is 0. The third kappa shape index (κ3) is 2.37. The summed E-state index contributed by atoms with van der Waals surface area (Å²) in [5.41, 5.74) is 7.15. The van der Waals surface area contributed by atoms with Crippen molar-refractivity contribution in [3.05, 3.63) is 58.5 Å². The lowest BCUT2D eigenvalue weighted by Crippen LogP contribution is -2.03. The molecule has 0 N–H and O–H groups in total. The monoisotopic (exact) mass is 294 g/mol. The molecular weight excluding hydrogens is 272 g/mol. The van der Waals surface area contributed by atoms with Crippen LogP contribution in [0.25, 0.3) is 10.9 Å². The first-order chi connectivity index (χ1) is 10.5. The van der Waals surface area contributed by atoms with Crippen LogP contribution >= 0.6 is 0 Å². The lowest BCUT2D eigenvalue weighted by atomic mass is 10.1. The van der Waals surface area contributed by atoms with Crippen LogP contribution in [-0.2, 0) is 13.7 Å². The zero-order chi connectivity index (χ0) is 15.9. The molecule has 3 nitrogen and oxygen atoms in total. The van der Waals surface area contributed by atoms with Crippen molar-refractivity contribution in [3.63, 3.8) is 0 Å². The maximum absolute atomic E-state index is 6.01. The lowest BCUT2D eigenvalue weighted by Gasteiger charge is -2.11. The van der Waals surface area contributed by atoms with Crippen LogP contribution < -0.4 is 4.74 Å². The molecule has 0 aliphatic carbocycles. The maximum atomic E-state index is 6.01. The summed E-state index contributed by atoms with van der Waals surface area (Å²) >= 11 is 0. The third-order valence-electron chi connectivity index (χ3n) is 4.48. The highest BCUT2D eigenvalue weighted by molar-refractivity contribution is 5.86. The van der Waals surface area contributed by atoms with Gasteiger partial charge in [0.1, 0.15) is 18.1 Å². The molecule has 0 spiro atoms. The molecular formula is C19H22N2O. The van der Waals surface area contributed by atoms with Gasteiger partial charge in [-0.15, -0.1) is 0 Å². The van der Waals surface area contributed by atoms with Crippen LogP contribution in [0.2, 0.25) is 0 Å². The fourth-order valence-electron chi connectivity index (χ4n) is 3.00. The van der Waals surface area contributed by atoms with Gasteiger partial charge in [-0.3, -0.25) is 4.98 Å². The summed E-state index contributed by atoms with van der Waals surface area (Å²) in [5, 5.41) is 1.26. The van der Waals surface area contributed by atoms with Crippen LogP contribution in [0, 0.1) is 27.7 Å². The minimum atomic E-state index is 0.484. The van der Waals surface area contributed by atoms with Crippen molar-refractivity contribution in [2.75, 3.05) is 0 Å². The van der Waals surface area contributed by atoms with Crippen LogP contribution in [0.4, 0.5) is 0 Å². The highest BCUT2D eigenvalue weighted by atomic mass is 16.5. The zero-order valence-electron chi connectivity index (χ0n) is 13.9. The maximum Gasteiger partial charge on any atom is 0.132 e. The molecule has 0 saturated carbocycles. The summed E-state index contributed by atoms with van der Waals surface area (Å²) in [6.07, 6.45) is 1.87. The molecule has 3 heteroatoms. The Hall–Kier alpha value is -2.29. The van der Waals surface area contributed by atoms with E-state index < -0.39 is 0 Å². The first-order valence-corrected chi connectivity index (χ1v) is 7.58. The van der Waals surface area contributed by atoms with Crippen LogP contribution in [0.15, 0.2) is 30.5 Å². The van der Waals surface area contributed by atoms with Crippen molar-refractivity contribution in [2.24, 2.45) is 7.05 Å². The Kier molecular flexibility index (Phi) is 3.65. The molecule has 3 aromatic rings. The van der Waals surface area contributed by atoms with Crippen molar-refractivity contribution in [1.82, 2.24) is 9.55 Å². The van der Waals surface area contributed by atoms with E-state index in [2.05, 4.69) is 62.5 Å². The SMILES string of the molecule is Cc1ccc(OCc2nccc3c(C)c(C)n(C)c23)c(C)c1. The smallest absolute Gasteiger partial charge is 0.132 e. The van der Waals surface area contributed by atoms with Gasteiger partial charge >= 0.3 is 0 Å². The summed E-state index contributed by atoms with van der Waals surface area (Å²) in [7, 11) is 2.09. The van der Waals surface area contributed by atoms with Gasteiger partial charge in [0, 0.05) is 24.3 Å². The summed E-state index contributed by atoms with van der Waals surface area (Å²) in [5.74, 6) is 0.923. The largest absolute Gasteiger partial charge is 0.487 e. The fourth-order valence-corrected chi connectivity index (χ4v) is 3.00. The minimum absolute atomic E-state index is 0.484. The summed E-state index contributed by atoms with van der Waals surface area (Å²) in [4.78, 5) is 4.54. The van der Waals surface area contributed by atoms with Gasteiger partial charge in [-0.1, -0.05) is 17.7 Å². The molecule has 2 aromatic heterocycles. The van der Waals surface area contributed by atoms with Crippen LogP contribution in [0.1, 0.15) is 28.1 Å². The summed E-state index contributed by atoms with van der Waals surface area (Å²) < 4.78 is 8.22. The number of pyridine rings is 1. The number of rotatable bonds is 3. The zero-order valence-corrected chi connectivity index (χ0v) is 13.9. The van der Waals surface area contributed by atoms with Crippen molar-refractivity contribution in [3.8, 4) is 5.75 Å². The van der Waals surface area contributed by atoms with Crippen LogP contribution in [0.5, 0.6) is 5.75 Å². The average molecular weight is 294 g/mol. The standard InChI is InChI=1S/C19H22N2O/c1-12-6-7-18(13(2)10-12)22-11-17-19-16(8-9-20-17)14(3)15(4)21(19)5/h6-10H,11H2,1-5H3. The van der Waals surface area contributed by atoms with E-state index in [-0.39, 0.29) is 0 Å². The Morgan fingerprint density at radius 1 is 1.09 bits per heavy atom. The molecule has 3 rings (SSSR count). The highest BCUT2D eigenvalue weighted by Crippen LogP contribution is 2.27. The highest BCUT2D eigenvalue weighted by Gasteiger charge is 2.13. The van der Waals surface area contributed by atoms with Gasteiger partial charge in [0.25, 0.3) is 0 Å². The van der Waals surface area contributed by atoms with Gasteiger partial charge in [0.15, 0.2) is 0 Å². The van der Waals surface area contributed by atoms with E-state index in [1.165, 1.54) is 27.7 Å². The van der Waals surface area contributed by atoms with Crippen molar-refractivity contribution in [2.45, 2.75) is 34.3 Å². The van der Waals surface area contributed by atoms with Gasteiger partial charge in [0.2, 0.25) is 0 Å². The molecule has 0 atom stereocenters. The van der Waals surface area contributed by atoms with E-state index in [1.54, 1.807) is 0 Å². The van der Waals surface area contributed by atoms with E-state index in [1.807, 2.05) is 12.3 Å². The van der Waals surface area contributed by atoms with Gasteiger partial charge in [-0.05, 0) is 51.0 Å². The number of nitrogens with zero attached hydrogens (tertiary/aromatic N) is 2. The Morgan fingerprint density at radius 3 is 2.59 bits per heavy atom. The average Bonchev–Trinajstić information content (AvgIpc) is 2.72. The predicted octanol–water partition coefficient (Wildman–Crippen LogP) is 4.39. The molecule has 114 valence electrons. The number of fused-ring (bicyclic) bond motifs is 1. The molecule has 0 unspecified atom stereocenters. The van der Waals surface area contributed by atoms with Gasteiger partial charge in [0.05, 0.1) is 5.52 Å². The van der Waals surface area contributed by atoms with E-state index in [0.29, 0.717) is 6.61 Å². The number of benzene rings is 1. The number of aromatic nitrogens is 2. The Labute approximate surface area is 131 Å². The Morgan fingerprint density at radius 2 is 1.86 bits per heavy atom. The molecule has 0 aliphatic heterocycles. The van der Waals surface area contributed by atoms with Gasteiger partial charge in [-0.25, -0.2) is 0 Å². The molecule has 0 aliphatic rings. The predicted molar refractivity (Wildman–Crippen MR) is 90.4 cm³/mol. The van der Waals surface area contributed by atoms with E-state index >= 15 is 0 Å². The molecule has 22 heavy (non-hydrogen) atoms. The number of hydrogen-bond acceptors (Lipinski definition) is 2. The van der Waals surface area contributed by atoms with Gasteiger partial charge in [-0.2, -0.15) is 0 Å². The molecule has 0 amide bonds. The fraction of sp³-hybridized carbons (Fsp3) is 0.316. The normalized spacial score (nSPS) is 11.1. The molecule has 0 bridgehead atoms. The van der Waals surface area contributed by atoms with Gasteiger partial charge < -0.3 is 9.30 Å². The van der Waals surface area contributed by atoms with E-state index in [0.717, 1.165) is 17.0 Å². The molecule has 2 heterocycles. The second kappa shape index (κ2) is 5.48. The minimum Gasteiger partial charge on any atom is -0.487 e. The Balaban J connectivity index is 1.96. The molecule has 1 aromatic carbocycles. The lowest BCUT2D eigenvalue weighted by molar-refractivity contribution is 0.300. The van der Waals surface area contributed by atoms with Crippen molar-refractivity contribution in [1.29, 1.82) is 0 Å². The van der Waals surface area contributed by atoms with Crippen molar-refractivity contribution >= 4 is 10.9 Å². The first-order valence-electron chi connectivity index (χ1n) is 7.58. The number of aryl methyl sites for hydroxylation is 4. The van der Waals surface area contributed by atoms with Crippen LogP contribution in [-0.4, -0.2) is 9.55 Å². The molecule has 0 radical (unpaired) electrons. The van der Waals surface area contributed by atoms with E-state index in [9.17, 15) is 0 Å². The van der Waals surface area contributed by atoms with Crippen LogP contribution in [0.3, 0.4) is 0 Å². The second-order valence-electron chi connectivity index (χ2n) is 5.98.